The lowest BCUT2D eigenvalue weighted by molar-refractivity contribution is -0.138. The van der Waals surface area contributed by atoms with Crippen molar-refractivity contribution in [1.82, 2.24) is 4.90 Å². The average Bonchev–Trinajstić information content (AvgIpc) is 3.03. The fraction of sp³-hybridized carbons (Fsp3) is 0.364. The molecule has 2 aromatic carbocycles. The predicted octanol–water partition coefficient (Wildman–Crippen LogP) is 4.05. The number of carbonyl (C=O) groups excluding carboxylic acids is 1. The molecule has 6 nitrogen and oxygen atoms in total. The molecule has 6 heteroatoms. The molecule has 0 radical (unpaired) electrons. The van der Waals surface area contributed by atoms with Crippen molar-refractivity contribution in [2.24, 2.45) is 0 Å². The summed E-state index contributed by atoms with van der Waals surface area (Å²) in [7, 11) is 1.57. The van der Waals surface area contributed by atoms with Crippen LogP contribution in [0.3, 0.4) is 0 Å². The van der Waals surface area contributed by atoms with Gasteiger partial charge in [0.25, 0.3) is 5.91 Å². The van der Waals surface area contributed by atoms with Crippen LogP contribution in [-0.4, -0.2) is 35.6 Å². The number of ether oxygens (including phenoxy) is 2. The Morgan fingerprint density at radius 2 is 2.00 bits per heavy atom. The first-order chi connectivity index (χ1) is 13.5. The number of methoxy groups -OCH3 is 1. The largest absolute Gasteiger partial charge is 0.493 e. The van der Waals surface area contributed by atoms with E-state index >= 15 is 0 Å². The van der Waals surface area contributed by atoms with E-state index in [0.717, 1.165) is 24.0 Å². The van der Waals surface area contributed by atoms with Crippen molar-refractivity contribution in [3.8, 4) is 11.5 Å². The second-order valence-corrected chi connectivity index (χ2v) is 6.82. The Kier molecular flexibility index (Phi) is 6.19. The number of aliphatic carboxylic acids is 1. The van der Waals surface area contributed by atoms with E-state index < -0.39 is 12.0 Å². The summed E-state index contributed by atoms with van der Waals surface area (Å²) in [6, 6.07) is 12.2. The van der Waals surface area contributed by atoms with Gasteiger partial charge in [0.05, 0.1) is 26.2 Å². The second kappa shape index (κ2) is 8.78. The summed E-state index contributed by atoms with van der Waals surface area (Å²) < 4.78 is 11.2. The van der Waals surface area contributed by atoms with Crippen molar-refractivity contribution >= 4 is 11.9 Å². The summed E-state index contributed by atoms with van der Waals surface area (Å²) in [5, 5.41) is 9.46. The van der Waals surface area contributed by atoms with E-state index in [1.807, 2.05) is 18.2 Å². The quantitative estimate of drug-likeness (QED) is 0.661. The lowest BCUT2D eigenvalue weighted by Gasteiger charge is -2.27. The van der Waals surface area contributed by atoms with Gasteiger partial charge in [-0.05, 0) is 35.7 Å². The monoisotopic (exact) mass is 383 g/mol. The third-order valence-electron chi connectivity index (χ3n) is 4.92. The molecular formula is C22H25NO5. The van der Waals surface area contributed by atoms with Crippen LogP contribution in [0.4, 0.5) is 0 Å². The smallest absolute Gasteiger partial charge is 0.305 e. The number of hydrogen-bond acceptors (Lipinski definition) is 4. The number of hydrogen-bond donors (Lipinski definition) is 1. The van der Waals surface area contributed by atoms with Gasteiger partial charge in [0.15, 0.2) is 11.5 Å². The average molecular weight is 383 g/mol. The van der Waals surface area contributed by atoms with Gasteiger partial charge >= 0.3 is 5.97 Å². The Bertz CT molecular complexity index is 864. The fourth-order valence-electron chi connectivity index (χ4n) is 3.44. The number of rotatable bonds is 9. The fourth-order valence-corrected chi connectivity index (χ4v) is 3.44. The van der Waals surface area contributed by atoms with Crippen LogP contribution in [0.2, 0.25) is 0 Å². The van der Waals surface area contributed by atoms with Gasteiger partial charge in [-0.3, -0.25) is 9.59 Å². The molecule has 1 heterocycles. The highest BCUT2D eigenvalue weighted by Gasteiger charge is 2.34. The standard InChI is InChI=1S/C22H25NO5/c1-3-4-11-28-20-12-15(9-10-19(20)27-2)18(13-21(24)25)23-14-16-7-5-6-8-17(16)22(23)26/h5-10,12,18H,3-4,11,13-14H2,1-2H3,(H,24,25). The maximum absolute atomic E-state index is 12.9. The summed E-state index contributed by atoms with van der Waals surface area (Å²) in [5.74, 6) is 0.0436. The Morgan fingerprint density at radius 3 is 2.68 bits per heavy atom. The van der Waals surface area contributed by atoms with Crippen LogP contribution in [0.1, 0.15) is 53.7 Å². The zero-order valence-electron chi connectivity index (χ0n) is 16.2. The molecule has 1 N–H and O–H groups in total. The minimum Gasteiger partial charge on any atom is -0.493 e. The Labute approximate surface area is 164 Å². The molecule has 0 fully saturated rings. The summed E-state index contributed by atoms with van der Waals surface area (Å²) in [6.07, 6.45) is 1.73. The number of benzene rings is 2. The first-order valence-electron chi connectivity index (χ1n) is 9.46. The molecule has 148 valence electrons. The van der Waals surface area contributed by atoms with E-state index in [0.29, 0.717) is 30.2 Å². The molecule has 0 saturated carbocycles. The predicted molar refractivity (Wildman–Crippen MR) is 105 cm³/mol. The van der Waals surface area contributed by atoms with Gasteiger partial charge in [-0.2, -0.15) is 0 Å². The summed E-state index contributed by atoms with van der Waals surface area (Å²) >= 11 is 0. The van der Waals surface area contributed by atoms with Gasteiger partial charge in [0.1, 0.15) is 0 Å². The van der Waals surface area contributed by atoms with Gasteiger partial charge in [0, 0.05) is 12.1 Å². The first kappa shape index (κ1) is 19.7. The molecule has 0 aliphatic carbocycles. The zero-order valence-corrected chi connectivity index (χ0v) is 16.2. The van der Waals surface area contributed by atoms with Crippen molar-refractivity contribution in [1.29, 1.82) is 0 Å². The van der Waals surface area contributed by atoms with E-state index in [4.69, 9.17) is 9.47 Å². The highest BCUT2D eigenvalue weighted by molar-refractivity contribution is 5.98. The van der Waals surface area contributed by atoms with Gasteiger partial charge in [0.2, 0.25) is 0 Å². The van der Waals surface area contributed by atoms with Crippen LogP contribution in [-0.2, 0) is 11.3 Å². The molecule has 2 aromatic rings. The molecular weight excluding hydrogens is 358 g/mol. The normalized spacial score (nSPS) is 13.9. The minimum absolute atomic E-state index is 0.147. The van der Waals surface area contributed by atoms with Crippen LogP contribution in [0.15, 0.2) is 42.5 Å². The van der Waals surface area contributed by atoms with E-state index in [1.165, 1.54) is 0 Å². The number of unbranched alkanes of at least 4 members (excludes halogenated alkanes) is 1. The topological polar surface area (TPSA) is 76.1 Å². The Balaban J connectivity index is 1.93. The molecule has 0 spiro atoms. The lowest BCUT2D eigenvalue weighted by Crippen LogP contribution is -2.31. The van der Waals surface area contributed by atoms with Gasteiger partial charge in [-0.25, -0.2) is 0 Å². The highest BCUT2D eigenvalue weighted by Crippen LogP contribution is 2.37. The van der Waals surface area contributed by atoms with E-state index in [2.05, 4.69) is 6.92 Å². The number of carboxylic acid groups (broad SMARTS) is 1. The molecule has 1 aliphatic rings. The SMILES string of the molecule is CCCCOc1cc(C(CC(=O)O)N2Cc3ccccc3C2=O)ccc1OC. The van der Waals surface area contributed by atoms with Crippen LogP contribution in [0.5, 0.6) is 11.5 Å². The lowest BCUT2D eigenvalue weighted by atomic mass is 10.0. The summed E-state index contributed by atoms with van der Waals surface area (Å²) in [5.41, 5.74) is 2.26. The van der Waals surface area contributed by atoms with Gasteiger partial charge in [-0.1, -0.05) is 37.6 Å². The summed E-state index contributed by atoms with van der Waals surface area (Å²) in [4.78, 5) is 26.1. The number of amides is 1. The van der Waals surface area contributed by atoms with Gasteiger partial charge < -0.3 is 19.5 Å². The molecule has 28 heavy (non-hydrogen) atoms. The first-order valence-corrected chi connectivity index (χ1v) is 9.46. The van der Waals surface area contributed by atoms with Crippen molar-refractivity contribution in [3.05, 3.63) is 59.2 Å². The van der Waals surface area contributed by atoms with Crippen LogP contribution < -0.4 is 9.47 Å². The molecule has 3 rings (SSSR count). The molecule has 0 saturated heterocycles. The molecule has 0 aromatic heterocycles. The molecule has 1 aliphatic heterocycles. The van der Waals surface area contributed by atoms with Crippen LogP contribution in [0.25, 0.3) is 0 Å². The van der Waals surface area contributed by atoms with Crippen molar-refractivity contribution in [2.75, 3.05) is 13.7 Å². The van der Waals surface area contributed by atoms with Crippen LogP contribution in [0, 0.1) is 0 Å². The van der Waals surface area contributed by atoms with Crippen LogP contribution >= 0.6 is 0 Å². The zero-order chi connectivity index (χ0) is 20.1. The van der Waals surface area contributed by atoms with Gasteiger partial charge in [-0.15, -0.1) is 0 Å². The maximum atomic E-state index is 12.9. The molecule has 0 bridgehead atoms. The number of nitrogens with zero attached hydrogens (tertiary/aromatic N) is 1. The Morgan fingerprint density at radius 1 is 1.21 bits per heavy atom. The molecule has 1 amide bonds. The van der Waals surface area contributed by atoms with E-state index in [-0.39, 0.29) is 12.3 Å². The number of carboxylic acids is 1. The number of fused-ring (bicyclic) bond motifs is 1. The highest BCUT2D eigenvalue weighted by atomic mass is 16.5. The second-order valence-electron chi connectivity index (χ2n) is 6.82. The Hall–Kier alpha value is -3.02. The third-order valence-corrected chi connectivity index (χ3v) is 4.92. The van der Waals surface area contributed by atoms with E-state index in [9.17, 15) is 14.7 Å². The van der Waals surface area contributed by atoms with Crippen molar-refractivity contribution in [2.45, 2.75) is 38.8 Å². The minimum atomic E-state index is -0.960. The third kappa shape index (κ3) is 4.11. The molecule has 1 atom stereocenters. The maximum Gasteiger partial charge on any atom is 0.305 e. The van der Waals surface area contributed by atoms with E-state index in [1.54, 1.807) is 36.3 Å². The van der Waals surface area contributed by atoms with Crippen molar-refractivity contribution < 1.29 is 24.2 Å². The molecule has 1 unspecified atom stereocenters. The van der Waals surface area contributed by atoms with Crippen molar-refractivity contribution in [3.63, 3.8) is 0 Å². The summed E-state index contributed by atoms with van der Waals surface area (Å²) in [6.45, 7) is 3.02. The number of carbonyl (C=O) groups is 2.